The first-order valence-corrected chi connectivity index (χ1v) is 10.8. The molecular formula is C22H23N3O4S. The van der Waals surface area contributed by atoms with Crippen molar-refractivity contribution in [2.75, 3.05) is 26.3 Å². The Morgan fingerprint density at radius 3 is 2.90 bits per heavy atom. The molecule has 156 valence electrons. The van der Waals surface area contributed by atoms with Crippen molar-refractivity contribution in [3.63, 3.8) is 0 Å². The largest absolute Gasteiger partial charge is 0.493 e. The lowest BCUT2D eigenvalue weighted by molar-refractivity contribution is -0.132. The summed E-state index contributed by atoms with van der Waals surface area (Å²) in [7, 11) is 1.59. The Balaban J connectivity index is 1.61. The SMILES string of the molecule is CCOc1ccc([C@H]2CC(=O)N3CN(Cc4ccco4)CSC3=C2C#N)cc1OC. The van der Waals surface area contributed by atoms with E-state index in [0.29, 0.717) is 42.8 Å². The molecule has 0 radical (unpaired) electrons. The number of rotatable bonds is 6. The standard InChI is InChI=1S/C22H23N3O4S/c1-3-28-19-7-6-15(9-20(19)27-2)17-10-21(26)25-13-24(12-16-5-4-8-29-16)14-30-22(25)18(17)11-23/h4-9,17H,3,10,12-14H2,1-2H3/t17-/m1/s1. The second-order valence-electron chi connectivity index (χ2n) is 7.08. The van der Waals surface area contributed by atoms with E-state index in [1.807, 2.05) is 37.3 Å². The fourth-order valence-electron chi connectivity index (χ4n) is 3.79. The molecule has 2 aromatic rings. The molecule has 4 rings (SSSR count). The van der Waals surface area contributed by atoms with Gasteiger partial charge in [-0.2, -0.15) is 5.26 Å². The van der Waals surface area contributed by atoms with Gasteiger partial charge in [0.1, 0.15) is 5.76 Å². The summed E-state index contributed by atoms with van der Waals surface area (Å²) in [6.07, 6.45) is 1.89. The molecule has 1 atom stereocenters. The second-order valence-corrected chi connectivity index (χ2v) is 8.01. The normalized spacial score (nSPS) is 19.4. The summed E-state index contributed by atoms with van der Waals surface area (Å²) in [5.74, 6) is 2.52. The van der Waals surface area contributed by atoms with Crippen molar-refractivity contribution in [3.05, 3.63) is 58.5 Å². The minimum Gasteiger partial charge on any atom is -0.493 e. The third kappa shape index (κ3) is 3.91. The van der Waals surface area contributed by atoms with Gasteiger partial charge in [-0.1, -0.05) is 17.8 Å². The van der Waals surface area contributed by atoms with E-state index in [4.69, 9.17) is 13.9 Å². The minimum atomic E-state index is -0.289. The van der Waals surface area contributed by atoms with E-state index in [0.717, 1.165) is 16.4 Å². The number of amides is 1. The number of methoxy groups -OCH3 is 1. The van der Waals surface area contributed by atoms with Crippen molar-refractivity contribution in [2.24, 2.45) is 0 Å². The monoisotopic (exact) mass is 425 g/mol. The Labute approximate surface area is 179 Å². The Bertz CT molecular complexity index is 996. The van der Waals surface area contributed by atoms with Gasteiger partial charge in [-0.25, -0.2) is 0 Å². The number of carbonyl (C=O) groups is 1. The van der Waals surface area contributed by atoms with Gasteiger partial charge < -0.3 is 13.9 Å². The molecule has 0 bridgehead atoms. The van der Waals surface area contributed by atoms with E-state index in [9.17, 15) is 10.1 Å². The lowest BCUT2D eigenvalue weighted by Crippen LogP contribution is -2.46. The molecule has 1 saturated heterocycles. The number of hydrogen-bond acceptors (Lipinski definition) is 7. The van der Waals surface area contributed by atoms with Crippen molar-refractivity contribution >= 4 is 17.7 Å². The van der Waals surface area contributed by atoms with Crippen LogP contribution >= 0.6 is 11.8 Å². The fourth-order valence-corrected chi connectivity index (χ4v) is 4.93. The number of carbonyl (C=O) groups excluding carboxylic acids is 1. The first-order valence-electron chi connectivity index (χ1n) is 9.77. The van der Waals surface area contributed by atoms with E-state index in [2.05, 4.69) is 11.0 Å². The minimum absolute atomic E-state index is 0.0125. The van der Waals surface area contributed by atoms with Gasteiger partial charge in [-0.05, 0) is 36.8 Å². The van der Waals surface area contributed by atoms with Gasteiger partial charge in [-0.3, -0.25) is 14.6 Å². The number of thioether (sulfide) groups is 1. The lowest BCUT2D eigenvalue weighted by Gasteiger charge is -2.41. The lowest BCUT2D eigenvalue weighted by atomic mass is 9.86. The Morgan fingerprint density at radius 2 is 2.20 bits per heavy atom. The zero-order chi connectivity index (χ0) is 21.1. The maximum absolute atomic E-state index is 13.0. The Hall–Kier alpha value is -2.89. The summed E-state index contributed by atoms with van der Waals surface area (Å²) in [4.78, 5) is 16.9. The Kier molecular flexibility index (Phi) is 6.02. The van der Waals surface area contributed by atoms with Crippen LogP contribution in [-0.4, -0.2) is 42.0 Å². The number of ether oxygens (including phenoxy) is 2. The Morgan fingerprint density at radius 1 is 1.33 bits per heavy atom. The highest BCUT2D eigenvalue weighted by atomic mass is 32.2. The van der Waals surface area contributed by atoms with Crippen LogP contribution in [0, 0.1) is 11.3 Å². The zero-order valence-corrected chi connectivity index (χ0v) is 17.8. The summed E-state index contributed by atoms with van der Waals surface area (Å²) in [5.41, 5.74) is 1.51. The van der Waals surface area contributed by atoms with E-state index < -0.39 is 0 Å². The molecule has 0 spiro atoms. The highest BCUT2D eigenvalue weighted by molar-refractivity contribution is 8.03. The zero-order valence-electron chi connectivity index (χ0n) is 17.0. The number of furan rings is 1. The van der Waals surface area contributed by atoms with Crippen molar-refractivity contribution in [3.8, 4) is 17.6 Å². The third-order valence-corrected chi connectivity index (χ3v) is 6.41. The summed E-state index contributed by atoms with van der Waals surface area (Å²) >= 11 is 1.52. The molecule has 2 aliphatic heterocycles. The number of hydrogen-bond donors (Lipinski definition) is 0. The molecular weight excluding hydrogens is 402 g/mol. The van der Waals surface area contributed by atoms with Gasteiger partial charge in [0.25, 0.3) is 0 Å². The van der Waals surface area contributed by atoms with E-state index in [1.54, 1.807) is 18.3 Å². The summed E-state index contributed by atoms with van der Waals surface area (Å²) in [6.45, 7) is 3.52. The van der Waals surface area contributed by atoms with Crippen LogP contribution in [0.25, 0.3) is 0 Å². The molecule has 1 amide bonds. The van der Waals surface area contributed by atoms with Gasteiger partial charge >= 0.3 is 0 Å². The molecule has 0 saturated carbocycles. The van der Waals surface area contributed by atoms with Gasteiger partial charge in [-0.15, -0.1) is 0 Å². The van der Waals surface area contributed by atoms with Crippen LogP contribution in [0.1, 0.15) is 30.6 Å². The molecule has 0 aliphatic carbocycles. The molecule has 7 nitrogen and oxygen atoms in total. The molecule has 1 aromatic heterocycles. The predicted molar refractivity (Wildman–Crippen MR) is 113 cm³/mol. The van der Waals surface area contributed by atoms with Gasteiger partial charge in [0.15, 0.2) is 11.5 Å². The average molecular weight is 426 g/mol. The van der Waals surface area contributed by atoms with E-state index in [-0.39, 0.29) is 18.2 Å². The third-order valence-electron chi connectivity index (χ3n) is 5.20. The molecule has 0 N–H and O–H groups in total. The number of benzene rings is 1. The van der Waals surface area contributed by atoms with Crippen molar-refractivity contribution in [2.45, 2.75) is 25.8 Å². The number of nitrogens with zero attached hydrogens (tertiary/aromatic N) is 3. The van der Waals surface area contributed by atoms with Crippen LogP contribution in [0.3, 0.4) is 0 Å². The van der Waals surface area contributed by atoms with Crippen LogP contribution in [0.15, 0.2) is 51.6 Å². The number of nitriles is 1. The van der Waals surface area contributed by atoms with Gasteiger partial charge in [0.2, 0.25) is 5.91 Å². The smallest absolute Gasteiger partial charge is 0.229 e. The number of allylic oxidation sites excluding steroid dienone is 1. The van der Waals surface area contributed by atoms with Crippen LogP contribution in [0.2, 0.25) is 0 Å². The average Bonchev–Trinajstić information content (AvgIpc) is 3.27. The van der Waals surface area contributed by atoms with Gasteiger partial charge in [0, 0.05) is 12.3 Å². The van der Waals surface area contributed by atoms with Crippen LogP contribution < -0.4 is 9.47 Å². The first-order chi connectivity index (χ1) is 14.6. The second kappa shape index (κ2) is 8.86. The molecule has 8 heteroatoms. The van der Waals surface area contributed by atoms with Crippen molar-refractivity contribution < 1.29 is 18.7 Å². The molecule has 3 heterocycles. The predicted octanol–water partition coefficient (Wildman–Crippen LogP) is 3.90. The molecule has 0 unspecified atom stereocenters. The first kappa shape index (κ1) is 20.4. The summed E-state index contributed by atoms with van der Waals surface area (Å²) in [5, 5.41) is 10.7. The summed E-state index contributed by atoms with van der Waals surface area (Å²) in [6, 6.07) is 11.8. The van der Waals surface area contributed by atoms with Crippen LogP contribution in [0.5, 0.6) is 11.5 Å². The van der Waals surface area contributed by atoms with Crippen LogP contribution in [0.4, 0.5) is 0 Å². The topological polar surface area (TPSA) is 78.9 Å². The van der Waals surface area contributed by atoms with Crippen LogP contribution in [-0.2, 0) is 11.3 Å². The van der Waals surface area contributed by atoms with Gasteiger partial charge in [0.05, 0.1) is 55.7 Å². The quantitative estimate of drug-likeness (QED) is 0.694. The van der Waals surface area contributed by atoms with Crippen molar-refractivity contribution in [1.29, 1.82) is 5.26 Å². The highest BCUT2D eigenvalue weighted by Crippen LogP contribution is 2.44. The summed E-state index contributed by atoms with van der Waals surface area (Å²) < 4.78 is 16.5. The maximum atomic E-state index is 13.0. The molecule has 1 fully saturated rings. The number of fused-ring (bicyclic) bond motifs is 1. The van der Waals surface area contributed by atoms with E-state index >= 15 is 0 Å². The maximum Gasteiger partial charge on any atom is 0.229 e. The molecule has 2 aliphatic rings. The molecule has 30 heavy (non-hydrogen) atoms. The fraction of sp³-hybridized carbons (Fsp3) is 0.364. The van der Waals surface area contributed by atoms with Crippen molar-refractivity contribution in [1.82, 2.24) is 9.80 Å². The van der Waals surface area contributed by atoms with E-state index in [1.165, 1.54) is 11.8 Å². The molecule has 1 aromatic carbocycles. The highest BCUT2D eigenvalue weighted by Gasteiger charge is 2.38.